The first kappa shape index (κ1) is 12.7. The summed E-state index contributed by atoms with van der Waals surface area (Å²) in [5.74, 6) is 0.686. The lowest BCUT2D eigenvalue weighted by Crippen LogP contribution is -2.39. The molecule has 0 aliphatic carbocycles. The third kappa shape index (κ3) is 3.36. The Bertz CT molecular complexity index is 378. The van der Waals surface area contributed by atoms with Crippen LogP contribution in [0, 0.1) is 12.8 Å². The average molecular weight is 253 g/mol. The fraction of sp³-hybridized carbons (Fsp3) is 0.571. The highest BCUT2D eigenvalue weighted by Crippen LogP contribution is 2.24. The van der Waals surface area contributed by atoms with E-state index in [0.717, 1.165) is 31.2 Å². The minimum absolute atomic E-state index is 0.686. The molecule has 1 N–H and O–H groups in total. The second kappa shape index (κ2) is 5.74. The summed E-state index contributed by atoms with van der Waals surface area (Å²) in [4.78, 5) is 2.50. The molecular weight excluding hydrogens is 232 g/mol. The van der Waals surface area contributed by atoms with Gasteiger partial charge < -0.3 is 10.2 Å². The number of aryl methyl sites for hydroxylation is 1. The third-order valence-electron chi connectivity index (χ3n) is 3.31. The Balaban J connectivity index is 2.17. The van der Waals surface area contributed by atoms with Crippen LogP contribution in [0.1, 0.15) is 18.9 Å². The van der Waals surface area contributed by atoms with E-state index < -0.39 is 0 Å². The molecule has 0 aromatic heterocycles. The lowest BCUT2D eigenvalue weighted by molar-refractivity contribution is 0.467. The molecule has 1 aromatic rings. The molecule has 0 amide bonds. The summed E-state index contributed by atoms with van der Waals surface area (Å²) in [6.07, 6.45) is 1.20. The van der Waals surface area contributed by atoms with Crippen molar-refractivity contribution >= 4 is 17.3 Å². The average Bonchev–Trinajstić information content (AvgIpc) is 2.24. The predicted molar refractivity (Wildman–Crippen MR) is 75.1 cm³/mol. The SMILES string of the molecule is Cc1cc(Cl)ccc1N1CCCNCC(C)C1. The van der Waals surface area contributed by atoms with Gasteiger partial charge >= 0.3 is 0 Å². The van der Waals surface area contributed by atoms with E-state index in [-0.39, 0.29) is 0 Å². The van der Waals surface area contributed by atoms with Crippen LogP contribution in [0.4, 0.5) is 5.69 Å². The summed E-state index contributed by atoms with van der Waals surface area (Å²) >= 11 is 6.01. The van der Waals surface area contributed by atoms with Gasteiger partial charge in [-0.2, -0.15) is 0 Å². The van der Waals surface area contributed by atoms with Gasteiger partial charge in [-0.1, -0.05) is 18.5 Å². The number of anilines is 1. The van der Waals surface area contributed by atoms with Gasteiger partial charge in [-0.05, 0) is 56.1 Å². The second-order valence-corrected chi connectivity index (χ2v) is 5.48. The first-order valence-electron chi connectivity index (χ1n) is 6.38. The van der Waals surface area contributed by atoms with E-state index in [1.807, 2.05) is 6.07 Å². The van der Waals surface area contributed by atoms with E-state index in [1.54, 1.807) is 0 Å². The standard InChI is InChI=1S/C14H21ClN2/c1-11-9-16-6-3-7-17(10-11)14-5-4-13(15)8-12(14)2/h4-5,8,11,16H,3,6-7,9-10H2,1-2H3. The van der Waals surface area contributed by atoms with Crippen LogP contribution in [-0.4, -0.2) is 26.2 Å². The summed E-state index contributed by atoms with van der Waals surface area (Å²) < 4.78 is 0. The highest BCUT2D eigenvalue weighted by Gasteiger charge is 2.15. The molecule has 17 heavy (non-hydrogen) atoms. The van der Waals surface area contributed by atoms with Crippen LogP contribution in [0.15, 0.2) is 18.2 Å². The lowest BCUT2D eigenvalue weighted by Gasteiger charge is -2.31. The number of hydrogen-bond donors (Lipinski definition) is 1. The molecule has 0 saturated carbocycles. The quantitative estimate of drug-likeness (QED) is 0.826. The Hall–Kier alpha value is -0.730. The highest BCUT2D eigenvalue weighted by molar-refractivity contribution is 6.30. The van der Waals surface area contributed by atoms with Crippen molar-refractivity contribution in [1.82, 2.24) is 5.32 Å². The second-order valence-electron chi connectivity index (χ2n) is 5.04. The van der Waals surface area contributed by atoms with E-state index in [0.29, 0.717) is 5.92 Å². The van der Waals surface area contributed by atoms with Gasteiger partial charge in [0.25, 0.3) is 0 Å². The van der Waals surface area contributed by atoms with E-state index in [2.05, 4.69) is 36.2 Å². The fourth-order valence-electron chi connectivity index (χ4n) is 2.47. The van der Waals surface area contributed by atoms with Crippen molar-refractivity contribution in [1.29, 1.82) is 0 Å². The van der Waals surface area contributed by atoms with Gasteiger partial charge in [-0.3, -0.25) is 0 Å². The van der Waals surface area contributed by atoms with Gasteiger partial charge in [-0.15, -0.1) is 0 Å². The fourth-order valence-corrected chi connectivity index (χ4v) is 2.69. The molecule has 0 spiro atoms. The summed E-state index contributed by atoms with van der Waals surface area (Å²) in [6, 6.07) is 6.20. The molecule has 2 rings (SSSR count). The molecule has 0 radical (unpaired) electrons. The molecule has 3 heteroatoms. The number of nitrogens with zero attached hydrogens (tertiary/aromatic N) is 1. The molecule has 1 aliphatic heterocycles. The van der Waals surface area contributed by atoms with Crippen LogP contribution in [0.25, 0.3) is 0 Å². The number of halogens is 1. The monoisotopic (exact) mass is 252 g/mol. The maximum atomic E-state index is 6.01. The summed E-state index contributed by atoms with van der Waals surface area (Å²) in [5.41, 5.74) is 2.61. The van der Waals surface area contributed by atoms with E-state index in [9.17, 15) is 0 Å². The Morgan fingerprint density at radius 2 is 2.24 bits per heavy atom. The maximum Gasteiger partial charge on any atom is 0.0410 e. The zero-order chi connectivity index (χ0) is 12.3. The van der Waals surface area contributed by atoms with Gasteiger partial charge in [0.2, 0.25) is 0 Å². The Morgan fingerprint density at radius 1 is 1.41 bits per heavy atom. The highest BCUT2D eigenvalue weighted by atomic mass is 35.5. The Kier molecular flexibility index (Phi) is 4.30. The zero-order valence-electron chi connectivity index (χ0n) is 10.7. The maximum absolute atomic E-state index is 6.01. The smallest absolute Gasteiger partial charge is 0.0410 e. The van der Waals surface area contributed by atoms with Crippen LogP contribution in [-0.2, 0) is 0 Å². The molecule has 1 saturated heterocycles. The van der Waals surface area contributed by atoms with Crippen LogP contribution in [0.3, 0.4) is 0 Å². The normalized spacial score (nSPS) is 22.1. The van der Waals surface area contributed by atoms with Crippen LogP contribution in [0.5, 0.6) is 0 Å². The topological polar surface area (TPSA) is 15.3 Å². The largest absolute Gasteiger partial charge is 0.371 e. The van der Waals surface area contributed by atoms with Crippen molar-refractivity contribution in [2.45, 2.75) is 20.3 Å². The molecule has 1 aliphatic rings. The predicted octanol–water partition coefficient (Wildman–Crippen LogP) is 3.08. The van der Waals surface area contributed by atoms with Crippen molar-refractivity contribution in [2.75, 3.05) is 31.1 Å². The summed E-state index contributed by atoms with van der Waals surface area (Å²) in [7, 11) is 0. The van der Waals surface area contributed by atoms with Crippen LogP contribution >= 0.6 is 11.6 Å². The van der Waals surface area contributed by atoms with Crippen molar-refractivity contribution in [3.8, 4) is 0 Å². The molecule has 1 atom stereocenters. The van der Waals surface area contributed by atoms with Crippen LogP contribution in [0.2, 0.25) is 5.02 Å². The van der Waals surface area contributed by atoms with E-state index in [1.165, 1.54) is 17.7 Å². The van der Waals surface area contributed by atoms with Gasteiger partial charge in [-0.25, -0.2) is 0 Å². The van der Waals surface area contributed by atoms with E-state index >= 15 is 0 Å². The Morgan fingerprint density at radius 3 is 3.00 bits per heavy atom. The van der Waals surface area contributed by atoms with Gasteiger partial charge in [0.05, 0.1) is 0 Å². The summed E-state index contributed by atoms with van der Waals surface area (Å²) in [6.45, 7) is 8.92. The first-order chi connectivity index (χ1) is 8.16. The van der Waals surface area contributed by atoms with Gasteiger partial charge in [0.1, 0.15) is 0 Å². The number of nitrogens with one attached hydrogen (secondary N) is 1. The van der Waals surface area contributed by atoms with Crippen molar-refractivity contribution < 1.29 is 0 Å². The molecule has 1 heterocycles. The number of hydrogen-bond acceptors (Lipinski definition) is 2. The van der Waals surface area contributed by atoms with Crippen LogP contribution < -0.4 is 10.2 Å². The molecule has 1 aromatic carbocycles. The Labute approximate surface area is 109 Å². The van der Waals surface area contributed by atoms with Crippen molar-refractivity contribution in [3.05, 3.63) is 28.8 Å². The summed E-state index contributed by atoms with van der Waals surface area (Å²) in [5, 5.41) is 4.31. The van der Waals surface area contributed by atoms with Crippen molar-refractivity contribution in [3.63, 3.8) is 0 Å². The van der Waals surface area contributed by atoms with E-state index in [4.69, 9.17) is 11.6 Å². The molecular formula is C14H21ClN2. The minimum atomic E-state index is 0.686. The molecule has 1 unspecified atom stereocenters. The van der Waals surface area contributed by atoms with Gasteiger partial charge in [0, 0.05) is 23.8 Å². The number of rotatable bonds is 1. The molecule has 2 nitrogen and oxygen atoms in total. The van der Waals surface area contributed by atoms with Crippen molar-refractivity contribution in [2.24, 2.45) is 5.92 Å². The molecule has 0 bridgehead atoms. The molecule has 94 valence electrons. The third-order valence-corrected chi connectivity index (χ3v) is 3.54. The zero-order valence-corrected chi connectivity index (χ0v) is 11.4. The molecule has 1 fully saturated rings. The minimum Gasteiger partial charge on any atom is -0.371 e. The van der Waals surface area contributed by atoms with Gasteiger partial charge in [0.15, 0.2) is 0 Å². The number of benzene rings is 1. The first-order valence-corrected chi connectivity index (χ1v) is 6.76. The lowest BCUT2D eigenvalue weighted by atomic mass is 10.1.